The molecule has 0 aliphatic carbocycles. The summed E-state index contributed by atoms with van der Waals surface area (Å²) >= 11 is 3.54. The van der Waals surface area contributed by atoms with Crippen molar-refractivity contribution < 1.29 is 13.2 Å². The van der Waals surface area contributed by atoms with E-state index in [9.17, 15) is 13.2 Å². The third kappa shape index (κ3) is 4.90. The number of benzene rings is 2. The number of nitrogens with one attached hydrogen (secondary N) is 1. The lowest BCUT2D eigenvalue weighted by atomic mass is 9.97. The molecule has 1 N–H and O–H groups in total. The molecule has 0 radical (unpaired) electrons. The normalized spacial score (nSPS) is 17.8. The Morgan fingerprint density at radius 1 is 1.14 bits per heavy atom. The third-order valence-electron chi connectivity index (χ3n) is 5.41. The number of rotatable bonds is 6. The van der Waals surface area contributed by atoms with Crippen LogP contribution < -0.4 is 5.32 Å². The quantitative estimate of drug-likeness (QED) is 0.658. The standard InChI is InChI=1S/C22H27BrN2O3S/c1-3-16-13-19(23)14-17(4-2)21(16)24-22(26)18-9-8-12-25(15-18)29(27,28)20-10-6-5-7-11-20/h5-7,10-11,13-14,18H,3-4,8-9,12,15H2,1-2H3,(H,24,26). The number of piperidine rings is 1. The molecule has 2 aromatic carbocycles. The molecule has 156 valence electrons. The summed E-state index contributed by atoms with van der Waals surface area (Å²) in [5, 5.41) is 3.11. The Kier molecular flexibility index (Phi) is 7.14. The molecule has 1 fully saturated rings. The maximum Gasteiger partial charge on any atom is 0.243 e. The Morgan fingerprint density at radius 2 is 1.76 bits per heavy atom. The van der Waals surface area contributed by atoms with E-state index in [1.807, 2.05) is 12.1 Å². The van der Waals surface area contributed by atoms with E-state index in [0.29, 0.717) is 19.4 Å². The maximum atomic E-state index is 13.1. The number of carbonyl (C=O) groups is 1. The lowest BCUT2D eigenvalue weighted by Crippen LogP contribution is -2.43. The number of hydrogen-bond donors (Lipinski definition) is 1. The van der Waals surface area contributed by atoms with Crippen molar-refractivity contribution in [3.8, 4) is 0 Å². The molecule has 0 bridgehead atoms. The predicted molar refractivity (Wildman–Crippen MR) is 119 cm³/mol. The molecule has 1 saturated heterocycles. The summed E-state index contributed by atoms with van der Waals surface area (Å²) in [6, 6.07) is 12.5. The van der Waals surface area contributed by atoms with Crippen molar-refractivity contribution in [3.05, 3.63) is 58.1 Å². The first-order chi connectivity index (χ1) is 13.9. The first kappa shape index (κ1) is 22.0. The van der Waals surface area contributed by atoms with E-state index in [0.717, 1.165) is 34.1 Å². The second-order valence-electron chi connectivity index (χ2n) is 7.31. The summed E-state index contributed by atoms with van der Waals surface area (Å²) in [5.74, 6) is -0.468. The summed E-state index contributed by atoms with van der Waals surface area (Å²) in [6.45, 7) is 4.78. The van der Waals surface area contributed by atoms with Crippen molar-refractivity contribution in [2.45, 2.75) is 44.4 Å². The zero-order chi connectivity index (χ0) is 21.0. The highest BCUT2D eigenvalue weighted by Gasteiger charge is 2.33. The van der Waals surface area contributed by atoms with Crippen LogP contribution in [0.15, 0.2) is 51.8 Å². The third-order valence-corrected chi connectivity index (χ3v) is 7.75. The van der Waals surface area contributed by atoms with Gasteiger partial charge in [-0.1, -0.05) is 48.0 Å². The molecule has 29 heavy (non-hydrogen) atoms. The van der Waals surface area contributed by atoms with Crippen LogP contribution in [0.3, 0.4) is 0 Å². The van der Waals surface area contributed by atoms with E-state index in [1.165, 1.54) is 4.31 Å². The number of anilines is 1. The average Bonchev–Trinajstić information content (AvgIpc) is 2.75. The zero-order valence-corrected chi connectivity index (χ0v) is 19.2. The SMILES string of the molecule is CCc1cc(Br)cc(CC)c1NC(=O)C1CCCN(S(=O)(=O)c2ccccc2)C1. The summed E-state index contributed by atoms with van der Waals surface area (Å²) in [7, 11) is -3.59. The van der Waals surface area contributed by atoms with E-state index in [-0.39, 0.29) is 23.3 Å². The summed E-state index contributed by atoms with van der Waals surface area (Å²) in [4.78, 5) is 13.3. The number of sulfonamides is 1. The van der Waals surface area contributed by atoms with Gasteiger partial charge >= 0.3 is 0 Å². The highest BCUT2D eigenvalue weighted by Crippen LogP contribution is 2.30. The minimum absolute atomic E-state index is 0.107. The highest BCUT2D eigenvalue weighted by atomic mass is 79.9. The number of carbonyl (C=O) groups excluding carboxylic acids is 1. The van der Waals surface area contributed by atoms with Crippen molar-refractivity contribution in [2.24, 2.45) is 5.92 Å². The Hall–Kier alpha value is -1.70. The molecular formula is C22H27BrN2O3S. The van der Waals surface area contributed by atoms with Gasteiger partial charge in [-0.15, -0.1) is 0 Å². The van der Waals surface area contributed by atoms with Gasteiger partial charge < -0.3 is 5.32 Å². The topological polar surface area (TPSA) is 66.5 Å². The maximum absolute atomic E-state index is 13.1. The molecule has 0 aromatic heterocycles. The van der Waals surface area contributed by atoms with E-state index < -0.39 is 10.0 Å². The van der Waals surface area contributed by atoms with Crippen LogP contribution in [0.25, 0.3) is 0 Å². The highest BCUT2D eigenvalue weighted by molar-refractivity contribution is 9.10. The monoisotopic (exact) mass is 478 g/mol. The Bertz CT molecular complexity index is 952. The number of amides is 1. The first-order valence-electron chi connectivity index (χ1n) is 10.0. The fraction of sp³-hybridized carbons (Fsp3) is 0.409. The van der Waals surface area contributed by atoms with Crippen molar-refractivity contribution in [3.63, 3.8) is 0 Å². The Balaban J connectivity index is 1.79. The zero-order valence-electron chi connectivity index (χ0n) is 16.8. The second kappa shape index (κ2) is 9.41. The van der Waals surface area contributed by atoms with Gasteiger partial charge in [0.25, 0.3) is 0 Å². The fourth-order valence-corrected chi connectivity index (χ4v) is 5.88. The van der Waals surface area contributed by atoms with Gasteiger partial charge in [0.2, 0.25) is 15.9 Å². The Labute approximate surface area is 181 Å². The molecule has 1 unspecified atom stereocenters. The lowest BCUT2D eigenvalue weighted by molar-refractivity contribution is -0.120. The van der Waals surface area contributed by atoms with E-state index in [4.69, 9.17) is 0 Å². The largest absolute Gasteiger partial charge is 0.325 e. The van der Waals surface area contributed by atoms with Crippen molar-refractivity contribution in [1.29, 1.82) is 0 Å². The van der Waals surface area contributed by atoms with Gasteiger partial charge in [0.05, 0.1) is 10.8 Å². The minimum atomic E-state index is -3.59. The number of halogens is 1. The molecule has 0 saturated carbocycles. The van der Waals surface area contributed by atoms with Gasteiger partial charge in [-0.2, -0.15) is 4.31 Å². The van der Waals surface area contributed by atoms with Crippen LogP contribution in [0, 0.1) is 5.92 Å². The summed E-state index contributed by atoms with van der Waals surface area (Å²) < 4.78 is 28.3. The molecular weight excluding hydrogens is 452 g/mol. The number of aryl methyl sites for hydroxylation is 2. The van der Waals surface area contributed by atoms with Crippen molar-refractivity contribution in [1.82, 2.24) is 4.31 Å². The predicted octanol–water partition coefficient (Wildman–Crippen LogP) is 4.61. The second-order valence-corrected chi connectivity index (χ2v) is 10.2. The van der Waals surface area contributed by atoms with E-state index >= 15 is 0 Å². The number of nitrogens with zero attached hydrogens (tertiary/aromatic N) is 1. The number of hydrogen-bond acceptors (Lipinski definition) is 3. The smallest absolute Gasteiger partial charge is 0.243 e. The molecule has 1 heterocycles. The summed E-state index contributed by atoms with van der Waals surface area (Å²) in [6.07, 6.45) is 2.97. The minimum Gasteiger partial charge on any atom is -0.325 e. The molecule has 7 heteroatoms. The van der Waals surface area contributed by atoms with Crippen LogP contribution in [-0.2, 0) is 27.7 Å². The van der Waals surface area contributed by atoms with Gasteiger partial charge in [-0.25, -0.2) is 8.42 Å². The van der Waals surface area contributed by atoms with Crippen LogP contribution in [-0.4, -0.2) is 31.7 Å². The van der Waals surface area contributed by atoms with E-state index in [2.05, 4.69) is 35.1 Å². The van der Waals surface area contributed by atoms with Gasteiger partial charge in [0.1, 0.15) is 0 Å². The first-order valence-corrected chi connectivity index (χ1v) is 12.3. The molecule has 1 aliphatic heterocycles. The molecule has 1 aliphatic rings. The molecule has 1 atom stereocenters. The summed E-state index contributed by atoms with van der Waals surface area (Å²) in [5.41, 5.74) is 3.02. The Morgan fingerprint density at radius 3 is 2.34 bits per heavy atom. The van der Waals surface area contributed by atoms with Gasteiger partial charge in [-0.3, -0.25) is 4.79 Å². The van der Waals surface area contributed by atoms with Crippen molar-refractivity contribution >= 4 is 37.5 Å². The van der Waals surface area contributed by atoms with Crippen LogP contribution in [0.1, 0.15) is 37.8 Å². The van der Waals surface area contributed by atoms with Crippen LogP contribution in [0.5, 0.6) is 0 Å². The van der Waals surface area contributed by atoms with Crippen molar-refractivity contribution in [2.75, 3.05) is 18.4 Å². The van der Waals surface area contributed by atoms with Crippen LogP contribution >= 0.6 is 15.9 Å². The van der Waals surface area contributed by atoms with Gasteiger partial charge in [0, 0.05) is 23.2 Å². The van der Waals surface area contributed by atoms with E-state index in [1.54, 1.807) is 30.3 Å². The fourth-order valence-electron chi connectivity index (χ4n) is 3.78. The molecule has 3 rings (SSSR count). The molecule has 2 aromatic rings. The lowest BCUT2D eigenvalue weighted by Gasteiger charge is -2.31. The van der Waals surface area contributed by atoms with Gasteiger partial charge in [0.15, 0.2) is 0 Å². The molecule has 0 spiro atoms. The van der Waals surface area contributed by atoms with Crippen LogP contribution in [0.4, 0.5) is 5.69 Å². The molecule has 5 nitrogen and oxygen atoms in total. The van der Waals surface area contributed by atoms with Gasteiger partial charge in [-0.05, 0) is 61.1 Å². The van der Waals surface area contributed by atoms with Crippen LogP contribution in [0.2, 0.25) is 0 Å². The molecule has 1 amide bonds. The average molecular weight is 479 g/mol.